The predicted molar refractivity (Wildman–Crippen MR) is 21.6 cm³/mol. The van der Waals surface area contributed by atoms with Gasteiger partial charge in [-0.25, -0.2) is 0 Å². The standard InChI is InChI=1S/4CH2O3.2Ti/c4*2-1(3)4;;/h4*(H2,2,3,4);;/q;;;;2*+4/p-8. The van der Waals surface area contributed by atoms with Crippen molar-refractivity contribution >= 4 is 24.6 Å². The van der Waals surface area contributed by atoms with Gasteiger partial charge < -0.3 is 60.0 Å². The zero-order valence-electron chi connectivity index (χ0n) is 7.90. The van der Waals surface area contributed by atoms with Crippen molar-refractivity contribution in [2.75, 3.05) is 0 Å². The Hall–Kier alpha value is -1.49. The smallest absolute Gasteiger partial charge is 0.652 e. The van der Waals surface area contributed by atoms with Gasteiger partial charge in [0.2, 0.25) is 0 Å². The van der Waals surface area contributed by atoms with Crippen molar-refractivity contribution in [1.82, 2.24) is 0 Å². The molecule has 0 bridgehead atoms. The summed E-state index contributed by atoms with van der Waals surface area (Å²) in [5.41, 5.74) is 0. The molecule has 0 N–H and O–H groups in total. The van der Waals surface area contributed by atoms with E-state index in [0.29, 0.717) is 0 Å². The summed E-state index contributed by atoms with van der Waals surface area (Å²) in [7, 11) is 0. The van der Waals surface area contributed by atoms with Crippen LogP contribution in [0.4, 0.5) is 19.2 Å². The molecule has 14 heteroatoms. The molecule has 0 aliphatic rings. The van der Waals surface area contributed by atoms with Crippen LogP contribution in [0.2, 0.25) is 0 Å². The first kappa shape index (κ1) is 36.0. The van der Waals surface area contributed by atoms with Crippen LogP contribution in [0.3, 0.4) is 0 Å². The average Bonchev–Trinajstić information content (AvgIpc) is 1.76. The van der Waals surface area contributed by atoms with Crippen LogP contribution in [-0.4, -0.2) is 24.6 Å². The van der Waals surface area contributed by atoms with Gasteiger partial charge in [0.25, 0.3) is 0 Å². The normalized spacial score (nSPS) is 5.33. The minimum atomic E-state index is -2.33. The van der Waals surface area contributed by atoms with Gasteiger partial charge in [-0.3, -0.25) is 0 Å². The number of hydrogen-bond donors (Lipinski definition) is 0. The number of carbonyl (C=O) groups is 4. The Morgan fingerprint density at radius 1 is 0.389 bits per heavy atom. The second-order valence-electron chi connectivity index (χ2n) is 1.00. The maximum Gasteiger partial charge on any atom is 4.00 e. The van der Waals surface area contributed by atoms with Crippen LogP contribution in [0.5, 0.6) is 0 Å². The number of hydrogen-bond acceptors (Lipinski definition) is 12. The zero-order chi connectivity index (χ0) is 14.3. The Morgan fingerprint density at radius 3 is 0.389 bits per heavy atom. The monoisotopic (exact) mass is 336 g/mol. The molecule has 18 heavy (non-hydrogen) atoms. The van der Waals surface area contributed by atoms with Gasteiger partial charge in [-0.15, -0.1) is 0 Å². The van der Waals surface area contributed by atoms with E-state index < -0.39 is 24.6 Å². The fraction of sp³-hybridized carbons (Fsp3) is 0. The molecule has 0 saturated heterocycles. The second-order valence-corrected chi connectivity index (χ2v) is 1.00. The van der Waals surface area contributed by atoms with Gasteiger partial charge in [0.05, 0.1) is 0 Å². The van der Waals surface area contributed by atoms with Gasteiger partial charge in [-0.2, -0.15) is 0 Å². The molecule has 0 fully saturated rings. The first-order valence-corrected chi connectivity index (χ1v) is 2.45. The number of rotatable bonds is 0. The summed E-state index contributed by atoms with van der Waals surface area (Å²) in [5, 5.41) is 66.7. The summed E-state index contributed by atoms with van der Waals surface area (Å²) in [6, 6.07) is 0. The van der Waals surface area contributed by atoms with Crippen molar-refractivity contribution in [3.8, 4) is 0 Å². The minimum absolute atomic E-state index is 0. The minimum Gasteiger partial charge on any atom is -0.652 e. The molecule has 0 aromatic rings. The molecule has 0 amide bonds. The van der Waals surface area contributed by atoms with Crippen molar-refractivity contribution in [2.45, 2.75) is 0 Å². The van der Waals surface area contributed by atoms with E-state index in [9.17, 15) is 0 Å². The number of carboxylic acid groups (broad SMARTS) is 8. The maximum absolute atomic E-state index is 8.33. The molecular weight excluding hydrogens is 336 g/mol. The van der Waals surface area contributed by atoms with Gasteiger partial charge in [0.15, 0.2) is 0 Å². The van der Waals surface area contributed by atoms with E-state index >= 15 is 0 Å². The topological polar surface area (TPSA) is 253 Å². The molecule has 0 rings (SSSR count). The van der Waals surface area contributed by atoms with E-state index in [-0.39, 0.29) is 43.4 Å². The van der Waals surface area contributed by atoms with Gasteiger partial charge in [0, 0.05) is 0 Å². The third kappa shape index (κ3) is 1190. The van der Waals surface area contributed by atoms with E-state index in [1.54, 1.807) is 0 Å². The predicted octanol–water partition coefficient (Wildman–Crippen LogP) is -9.79. The van der Waals surface area contributed by atoms with Crippen molar-refractivity contribution in [3.63, 3.8) is 0 Å². The van der Waals surface area contributed by atoms with E-state index in [1.807, 2.05) is 0 Å². The van der Waals surface area contributed by atoms with Crippen molar-refractivity contribution in [2.24, 2.45) is 0 Å². The SMILES string of the molecule is O=C([O-])[O-].O=C([O-])[O-].O=C([O-])[O-].O=C([O-])[O-].[Ti+4].[Ti+4]. The quantitative estimate of drug-likeness (QED) is 0.373. The van der Waals surface area contributed by atoms with Crippen LogP contribution in [-0.2, 0) is 43.4 Å². The Labute approximate surface area is 128 Å². The molecule has 0 heterocycles. The largest absolute Gasteiger partial charge is 4.00 e. The molecule has 0 aliphatic heterocycles. The summed E-state index contributed by atoms with van der Waals surface area (Å²) in [6.45, 7) is 0. The molecule has 0 aromatic heterocycles. The fourth-order valence-electron chi connectivity index (χ4n) is 0. The van der Waals surface area contributed by atoms with E-state index in [2.05, 4.69) is 0 Å². The van der Waals surface area contributed by atoms with Gasteiger partial charge in [-0.05, 0) is 24.6 Å². The molecule has 0 radical (unpaired) electrons. The maximum atomic E-state index is 8.33. The Balaban J connectivity index is -0.0000000257. The zero-order valence-corrected chi connectivity index (χ0v) is 11.0. The Morgan fingerprint density at radius 2 is 0.389 bits per heavy atom. The Kier molecular flexibility index (Phi) is 59.1. The molecule has 0 saturated carbocycles. The average molecular weight is 336 g/mol. The first-order valence-electron chi connectivity index (χ1n) is 2.45. The molecule has 0 atom stereocenters. The van der Waals surface area contributed by atoms with Gasteiger partial charge in [0.1, 0.15) is 0 Å². The molecule has 0 spiro atoms. The van der Waals surface area contributed by atoms with E-state index in [4.69, 9.17) is 60.0 Å². The summed E-state index contributed by atoms with van der Waals surface area (Å²) >= 11 is 0. The van der Waals surface area contributed by atoms with Crippen LogP contribution in [0, 0.1) is 0 Å². The molecule has 0 aliphatic carbocycles. The third-order valence-electron chi connectivity index (χ3n) is 0. The second kappa shape index (κ2) is 29.6. The summed E-state index contributed by atoms with van der Waals surface area (Å²) in [4.78, 5) is 33.3. The number of carbonyl (C=O) groups excluding carboxylic acids is 4. The van der Waals surface area contributed by atoms with Gasteiger partial charge >= 0.3 is 43.4 Å². The van der Waals surface area contributed by atoms with Crippen molar-refractivity contribution in [3.05, 3.63) is 0 Å². The van der Waals surface area contributed by atoms with Crippen LogP contribution < -0.4 is 40.9 Å². The molecule has 96 valence electrons. The van der Waals surface area contributed by atoms with Crippen molar-refractivity contribution in [1.29, 1.82) is 0 Å². The molecule has 0 aromatic carbocycles. The first-order chi connectivity index (χ1) is 6.93. The van der Waals surface area contributed by atoms with Crippen LogP contribution in [0.25, 0.3) is 0 Å². The van der Waals surface area contributed by atoms with E-state index in [0.717, 1.165) is 0 Å². The molecule has 12 nitrogen and oxygen atoms in total. The van der Waals surface area contributed by atoms with Crippen LogP contribution >= 0.6 is 0 Å². The van der Waals surface area contributed by atoms with Crippen LogP contribution in [0.1, 0.15) is 0 Å². The summed E-state index contributed by atoms with van der Waals surface area (Å²) < 4.78 is 0. The fourth-order valence-corrected chi connectivity index (χ4v) is 0. The molecular formula is C4O12Ti2. The summed E-state index contributed by atoms with van der Waals surface area (Å²) in [6.07, 6.45) is -9.33. The Bertz CT molecular complexity index is 162. The van der Waals surface area contributed by atoms with Gasteiger partial charge in [-0.1, -0.05) is 0 Å². The van der Waals surface area contributed by atoms with E-state index in [1.165, 1.54) is 0 Å². The third-order valence-corrected chi connectivity index (χ3v) is 0. The van der Waals surface area contributed by atoms with Crippen LogP contribution in [0.15, 0.2) is 0 Å². The summed E-state index contributed by atoms with van der Waals surface area (Å²) in [5.74, 6) is 0. The molecule has 0 unspecified atom stereocenters. The van der Waals surface area contributed by atoms with Crippen molar-refractivity contribution < 1.29 is 103 Å².